The third-order valence-corrected chi connectivity index (χ3v) is 8.14. The second-order valence-corrected chi connectivity index (χ2v) is 11.2. The fourth-order valence-electron chi connectivity index (χ4n) is 5.04. The molecular formula is C20H26N12O9S. The van der Waals surface area contributed by atoms with Crippen molar-refractivity contribution in [3.63, 3.8) is 0 Å². The van der Waals surface area contributed by atoms with Crippen LogP contribution in [0.2, 0.25) is 0 Å². The quantitative estimate of drug-likeness (QED) is 0.0902. The summed E-state index contributed by atoms with van der Waals surface area (Å²) in [6.45, 7) is -1.05. The van der Waals surface area contributed by atoms with Crippen molar-refractivity contribution >= 4 is 44.4 Å². The Balaban J connectivity index is 1.14. The van der Waals surface area contributed by atoms with Gasteiger partial charge in [-0.1, -0.05) is 0 Å². The molecule has 2 saturated heterocycles. The van der Waals surface area contributed by atoms with Crippen LogP contribution in [-0.2, 0) is 19.7 Å². The first-order chi connectivity index (χ1) is 20.0. The Kier molecular flexibility index (Phi) is 6.93. The van der Waals surface area contributed by atoms with E-state index in [1.807, 2.05) is 0 Å². The van der Waals surface area contributed by atoms with E-state index in [1.165, 1.54) is 21.8 Å². The Morgan fingerprint density at radius 1 is 0.976 bits per heavy atom. The smallest absolute Gasteiger partial charge is 0.280 e. The number of aliphatic hydroxyl groups excluding tert-OH is 3. The fourth-order valence-corrected chi connectivity index (χ4v) is 6.16. The number of H-pyrrole nitrogens is 2. The maximum absolute atomic E-state index is 12.9. The molecule has 0 radical (unpaired) electrons. The van der Waals surface area contributed by atoms with Crippen LogP contribution in [0.4, 0.5) is 11.9 Å². The van der Waals surface area contributed by atoms with E-state index in [-0.39, 0.29) is 47.2 Å². The monoisotopic (exact) mass is 610 g/mol. The Labute approximate surface area is 233 Å². The van der Waals surface area contributed by atoms with Gasteiger partial charge in [-0.15, -0.1) is 0 Å². The third kappa shape index (κ3) is 4.88. The van der Waals surface area contributed by atoms with Crippen molar-refractivity contribution in [3.05, 3.63) is 33.4 Å². The van der Waals surface area contributed by atoms with Gasteiger partial charge < -0.3 is 36.3 Å². The predicted molar refractivity (Wildman–Crippen MR) is 141 cm³/mol. The molecule has 2 aliphatic heterocycles. The number of aliphatic hydroxyl groups is 3. The summed E-state index contributed by atoms with van der Waals surface area (Å²) in [6.07, 6.45) is -4.49. The van der Waals surface area contributed by atoms with Gasteiger partial charge >= 0.3 is 0 Å². The number of ether oxygens (including phenoxy) is 2. The van der Waals surface area contributed by atoms with E-state index in [2.05, 4.69) is 39.3 Å². The number of fused-ring (bicyclic) bond motifs is 2. The van der Waals surface area contributed by atoms with Crippen LogP contribution in [-0.4, -0.2) is 106 Å². The molecule has 6 rings (SSSR count). The van der Waals surface area contributed by atoms with Crippen LogP contribution in [0.15, 0.2) is 22.2 Å². The van der Waals surface area contributed by atoms with Crippen LogP contribution >= 0.6 is 0 Å². The summed E-state index contributed by atoms with van der Waals surface area (Å²) in [6, 6.07) is -1.34. The van der Waals surface area contributed by atoms with Crippen molar-refractivity contribution in [2.75, 3.05) is 24.6 Å². The third-order valence-electron chi connectivity index (χ3n) is 7.01. The molecule has 226 valence electrons. The molecule has 0 bridgehead atoms. The number of imidazole rings is 2. The minimum absolute atomic E-state index is 0.0134. The summed E-state index contributed by atoms with van der Waals surface area (Å²) in [5, 5.41) is 31.3. The Bertz CT molecular complexity index is 1870. The van der Waals surface area contributed by atoms with Crippen molar-refractivity contribution in [1.82, 2.24) is 48.5 Å². The normalized spacial score (nSPS) is 28.3. The highest BCUT2D eigenvalue weighted by Crippen LogP contribution is 2.32. The van der Waals surface area contributed by atoms with Crippen molar-refractivity contribution in [3.8, 4) is 0 Å². The molecule has 11 N–H and O–H groups in total. The van der Waals surface area contributed by atoms with Crippen LogP contribution in [0, 0.1) is 0 Å². The fraction of sp³-hybridized carbons (Fsp3) is 0.500. The molecular weight excluding hydrogens is 584 g/mol. The number of nitrogens with zero attached hydrogens (tertiary/aromatic N) is 6. The summed E-state index contributed by atoms with van der Waals surface area (Å²) >= 11 is 0. The summed E-state index contributed by atoms with van der Waals surface area (Å²) in [7, 11) is -4.37. The van der Waals surface area contributed by atoms with Gasteiger partial charge in [-0.2, -0.15) is 27.8 Å². The molecule has 4 aromatic heterocycles. The zero-order valence-corrected chi connectivity index (χ0v) is 22.2. The minimum Gasteiger partial charge on any atom is -0.394 e. The molecule has 0 spiro atoms. The van der Waals surface area contributed by atoms with Crippen LogP contribution in [0.5, 0.6) is 0 Å². The van der Waals surface area contributed by atoms with E-state index < -0.39 is 70.8 Å². The van der Waals surface area contributed by atoms with E-state index in [0.29, 0.717) is 0 Å². The number of nitrogens with two attached hydrogens (primary N) is 2. The van der Waals surface area contributed by atoms with Gasteiger partial charge in [-0.05, 0) is 0 Å². The first-order valence-corrected chi connectivity index (χ1v) is 13.9. The first-order valence-electron chi connectivity index (χ1n) is 12.4. The molecule has 7 atom stereocenters. The van der Waals surface area contributed by atoms with E-state index in [0.717, 1.165) is 0 Å². The number of nitrogen functional groups attached to an aromatic ring is 2. The Morgan fingerprint density at radius 2 is 1.57 bits per heavy atom. The Hall–Kier alpha value is -4.03. The average molecular weight is 611 g/mol. The zero-order chi connectivity index (χ0) is 29.9. The zero-order valence-electron chi connectivity index (χ0n) is 21.4. The van der Waals surface area contributed by atoms with Gasteiger partial charge in [0.15, 0.2) is 28.6 Å². The number of hydrogen-bond donors (Lipinski definition) is 9. The molecule has 4 aromatic rings. The SMILES string of the molecule is Nc1nc2c(ncn2[C@@H]2O[C@H](CO)[C@@H](NS(=O)(=O)NC[C@H]3O[C@@H](n4cnc5c(=O)[nH]c(N)nc54)C[C@@H]3O)[C@H]2O)c(=O)[nH]1. The summed E-state index contributed by atoms with van der Waals surface area (Å²) in [4.78, 5) is 44.8. The Morgan fingerprint density at radius 3 is 2.19 bits per heavy atom. The molecule has 6 heterocycles. The number of nitrogens with one attached hydrogen (secondary N) is 4. The standard InChI is InChI=1S/C20H26N12O9S/c21-19-26-14-11(16(36)28-19)23-4-31(14)9-1-6(34)7(40-9)2-25-42(38,39)30-10-8(3-33)41-18(13(10)35)32-5-24-12-15(32)27-20(22)29-17(12)37/h4-10,13,18,25,30,33-35H,1-3H2,(H3,21,26,28,36)(H3,22,27,29,37)/t6-,7+,8+,9+,10+,13+,18+/m0/s1. The molecule has 21 nitrogen and oxygen atoms in total. The lowest BCUT2D eigenvalue weighted by molar-refractivity contribution is -0.0489. The summed E-state index contributed by atoms with van der Waals surface area (Å²) < 4.78 is 44.5. The second kappa shape index (κ2) is 10.4. The highest BCUT2D eigenvalue weighted by Gasteiger charge is 2.47. The van der Waals surface area contributed by atoms with Crippen molar-refractivity contribution in [2.45, 2.75) is 49.3 Å². The molecule has 0 saturated carbocycles. The molecule has 2 aliphatic rings. The van der Waals surface area contributed by atoms with E-state index in [4.69, 9.17) is 20.9 Å². The number of hydrogen-bond acceptors (Lipinski definition) is 15. The number of rotatable bonds is 8. The van der Waals surface area contributed by atoms with Crippen molar-refractivity contribution in [2.24, 2.45) is 0 Å². The van der Waals surface area contributed by atoms with Crippen LogP contribution < -0.4 is 32.0 Å². The number of aromatic nitrogens is 8. The van der Waals surface area contributed by atoms with Crippen LogP contribution in [0.1, 0.15) is 18.9 Å². The van der Waals surface area contributed by atoms with Crippen LogP contribution in [0.25, 0.3) is 22.3 Å². The summed E-state index contributed by atoms with van der Waals surface area (Å²) in [5.74, 6) is -0.351. The van der Waals surface area contributed by atoms with Gasteiger partial charge in [0.2, 0.25) is 11.9 Å². The van der Waals surface area contributed by atoms with Gasteiger partial charge in [0.25, 0.3) is 21.3 Å². The number of anilines is 2. The first kappa shape index (κ1) is 28.1. The largest absolute Gasteiger partial charge is 0.394 e. The van der Waals surface area contributed by atoms with Crippen molar-refractivity contribution < 1.29 is 33.2 Å². The topological polar surface area (TPSA) is 317 Å². The van der Waals surface area contributed by atoms with Gasteiger partial charge in [-0.25, -0.2) is 9.97 Å². The molecule has 0 unspecified atom stereocenters. The second-order valence-electron chi connectivity index (χ2n) is 9.72. The maximum Gasteiger partial charge on any atom is 0.280 e. The van der Waals surface area contributed by atoms with Gasteiger partial charge in [0, 0.05) is 13.0 Å². The maximum atomic E-state index is 12.9. The van der Waals surface area contributed by atoms with Crippen LogP contribution in [0.3, 0.4) is 0 Å². The molecule has 0 amide bonds. The average Bonchev–Trinajstić information content (AvgIpc) is 3.68. The van der Waals surface area contributed by atoms with Crippen molar-refractivity contribution in [1.29, 1.82) is 0 Å². The van der Waals surface area contributed by atoms with Gasteiger partial charge in [0.05, 0.1) is 37.5 Å². The lowest BCUT2D eigenvalue weighted by atomic mass is 10.1. The van der Waals surface area contributed by atoms with E-state index in [9.17, 15) is 33.3 Å². The molecule has 2 fully saturated rings. The molecule has 0 aliphatic carbocycles. The van der Waals surface area contributed by atoms with E-state index >= 15 is 0 Å². The highest BCUT2D eigenvalue weighted by molar-refractivity contribution is 7.87. The predicted octanol–water partition coefficient (Wildman–Crippen LogP) is -4.89. The van der Waals surface area contributed by atoms with E-state index in [1.54, 1.807) is 0 Å². The number of aromatic amines is 2. The molecule has 0 aromatic carbocycles. The molecule has 22 heteroatoms. The van der Waals surface area contributed by atoms with Gasteiger partial charge in [0.1, 0.15) is 18.4 Å². The lowest BCUT2D eigenvalue weighted by Gasteiger charge is -2.22. The minimum atomic E-state index is -4.37. The van der Waals surface area contributed by atoms with Gasteiger partial charge in [-0.3, -0.25) is 28.7 Å². The lowest BCUT2D eigenvalue weighted by Crippen LogP contribution is -2.53. The summed E-state index contributed by atoms with van der Waals surface area (Å²) in [5.41, 5.74) is 10.1. The highest BCUT2D eigenvalue weighted by atomic mass is 32.2. The molecule has 42 heavy (non-hydrogen) atoms.